The molecule has 0 fully saturated rings. The fraction of sp³-hybridized carbons (Fsp3) is 0.176. The van der Waals surface area contributed by atoms with E-state index in [4.69, 9.17) is 0 Å². The Morgan fingerprint density at radius 2 is 1.80 bits per heavy atom. The van der Waals surface area contributed by atoms with Gasteiger partial charge in [0.15, 0.2) is 15.0 Å². The van der Waals surface area contributed by atoms with Gasteiger partial charge in [-0.05, 0) is 36.8 Å². The summed E-state index contributed by atoms with van der Waals surface area (Å²) in [7, 11) is -3.23. The molecule has 0 aliphatic carbocycles. The maximum absolute atomic E-state index is 12.1. The van der Waals surface area contributed by atoms with Crippen molar-refractivity contribution in [3.05, 3.63) is 54.1 Å². The van der Waals surface area contributed by atoms with Crippen LogP contribution in [0.25, 0.3) is 10.2 Å². The average Bonchev–Trinajstić information content (AvgIpc) is 2.96. The average molecular weight is 375 g/mol. The minimum Gasteiger partial charge on any atom is -0.331 e. The van der Waals surface area contributed by atoms with Crippen LogP contribution in [0.4, 0.5) is 9.93 Å². The summed E-state index contributed by atoms with van der Waals surface area (Å²) in [5.74, 6) is 0. The van der Waals surface area contributed by atoms with E-state index in [0.29, 0.717) is 5.13 Å². The first kappa shape index (κ1) is 17.4. The zero-order valence-electron chi connectivity index (χ0n) is 13.7. The van der Waals surface area contributed by atoms with Crippen molar-refractivity contribution in [3.63, 3.8) is 0 Å². The summed E-state index contributed by atoms with van der Waals surface area (Å²) in [5.41, 5.74) is 1.65. The molecule has 130 valence electrons. The molecule has 1 heterocycles. The molecule has 2 aromatic carbocycles. The Morgan fingerprint density at radius 1 is 1.12 bits per heavy atom. The van der Waals surface area contributed by atoms with Gasteiger partial charge < -0.3 is 5.32 Å². The molecular formula is C17H17N3O3S2. The first-order valence-electron chi connectivity index (χ1n) is 7.56. The number of thiazole rings is 1. The van der Waals surface area contributed by atoms with Gasteiger partial charge in [-0.2, -0.15) is 0 Å². The topological polar surface area (TPSA) is 88.2 Å². The van der Waals surface area contributed by atoms with E-state index >= 15 is 0 Å². The van der Waals surface area contributed by atoms with Crippen LogP contribution >= 0.6 is 11.3 Å². The van der Waals surface area contributed by atoms with E-state index < -0.39 is 9.84 Å². The summed E-state index contributed by atoms with van der Waals surface area (Å²) in [4.78, 5) is 16.8. The number of carbonyl (C=O) groups excluding carboxylic acids is 1. The molecule has 0 spiro atoms. The number of urea groups is 1. The van der Waals surface area contributed by atoms with E-state index in [1.807, 2.05) is 31.2 Å². The Labute approximate surface area is 149 Å². The van der Waals surface area contributed by atoms with E-state index in [2.05, 4.69) is 15.6 Å². The second-order valence-corrected chi connectivity index (χ2v) is 8.69. The lowest BCUT2D eigenvalue weighted by atomic mass is 10.1. The van der Waals surface area contributed by atoms with Gasteiger partial charge in [0.1, 0.15) is 0 Å². The van der Waals surface area contributed by atoms with Crippen molar-refractivity contribution >= 4 is 42.6 Å². The van der Waals surface area contributed by atoms with Gasteiger partial charge >= 0.3 is 6.03 Å². The number of hydrogen-bond donors (Lipinski definition) is 2. The monoisotopic (exact) mass is 375 g/mol. The van der Waals surface area contributed by atoms with E-state index in [1.165, 1.54) is 23.5 Å². The highest BCUT2D eigenvalue weighted by Crippen LogP contribution is 2.25. The van der Waals surface area contributed by atoms with E-state index in [0.717, 1.165) is 22.0 Å². The molecule has 8 heteroatoms. The van der Waals surface area contributed by atoms with Gasteiger partial charge in [-0.25, -0.2) is 18.2 Å². The Hall–Kier alpha value is -2.45. The van der Waals surface area contributed by atoms with Crippen LogP contribution in [-0.4, -0.2) is 25.7 Å². The van der Waals surface area contributed by atoms with Crippen molar-refractivity contribution in [2.45, 2.75) is 17.9 Å². The number of nitrogens with zero attached hydrogens (tertiary/aromatic N) is 1. The van der Waals surface area contributed by atoms with E-state index in [1.54, 1.807) is 12.1 Å². The maximum atomic E-state index is 12.1. The molecule has 0 aliphatic rings. The third-order valence-electron chi connectivity index (χ3n) is 3.67. The number of fused-ring (bicyclic) bond motifs is 1. The molecular weight excluding hydrogens is 358 g/mol. The minimum atomic E-state index is -3.23. The maximum Gasteiger partial charge on any atom is 0.321 e. The molecule has 0 radical (unpaired) electrons. The Balaban J connectivity index is 1.65. The number of para-hydroxylation sites is 1. The fourth-order valence-corrected chi connectivity index (χ4v) is 3.83. The Kier molecular flexibility index (Phi) is 4.73. The SMILES string of the molecule is CC(NC(=O)Nc1nc2ccccc2s1)c1ccc(S(C)(=O)=O)cc1. The summed E-state index contributed by atoms with van der Waals surface area (Å²) in [6, 6.07) is 13.5. The van der Waals surface area contributed by atoms with Crippen LogP contribution in [0.15, 0.2) is 53.4 Å². The second-order valence-electron chi connectivity index (χ2n) is 5.65. The lowest BCUT2D eigenvalue weighted by Gasteiger charge is -2.14. The number of aromatic nitrogens is 1. The Morgan fingerprint density at radius 3 is 2.44 bits per heavy atom. The zero-order valence-corrected chi connectivity index (χ0v) is 15.3. The zero-order chi connectivity index (χ0) is 18.0. The lowest BCUT2D eigenvalue weighted by molar-refractivity contribution is 0.249. The van der Waals surface area contributed by atoms with Crippen LogP contribution < -0.4 is 10.6 Å². The van der Waals surface area contributed by atoms with Crippen molar-refractivity contribution in [1.82, 2.24) is 10.3 Å². The lowest BCUT2D eigenvalue weighted by Crippen LogP contribution is -2.31. The van der Waals surface area contributed by atoms with E-state index in [9.17, 15) is 13.2 Å². The van der Waals surface area contributed by atoms with Crippen LogP contribution in [0.1, 0.15) is 18.5 Å². The molecule has 0 bridgehead atoms. The first-order chi connectivity index (χ1) is 11.8. The van der Waals surface area contributed by atoms with Crippen LogP contribution in [0.5, 0.6) is 0 Å². The van der Waals surface area contributed by atoms with Gasteiger partial charge in [-0.3, -0.25) is 5.32 Å². The minimum absolute atomic E-state index is 0.252. The van der Waals surface area contributed by atoms with Crippen LogP contribution in [-0.2, 0) is 9.84 Å². The summed E-state index contributed by atoms with van der Waals surface area (Å²) >= 11 is 1.40. The molecule has 0 aliphatic heterocycles. The number of benzene rings is 2. The number of anilines is 1. The van der Waals surface area contributed by atoms with Crippen molar-refractivity contribution in [1.29, 1.82) is 0 Å². The van der Waals surface area contributed by atoms with Crippen LogP contribution in [0.3, 0.4) is 0 Å². The number of carbonyl (C=O) groups is 1. The molecule has 3 aromatic rings. The molecule has 6 nitrogen and oxygen atoms in total. The summed E-state index contributed by atoms with van der Waals surface area (Å²) in [5, 5.41) is 6.07. The van der Waals surface area contributed by atoms with Crippen molar-refractivity contribution < 1.29 is 13.2 Å². The molecule has 0 saturated heterocycles. The fourth-order valence-electron chi connectivity index (χ4n) is 2.34. The molecule has 0 saturated carbocycles. The molecule has 2 amide bonds. The first-order valence-corrected chi connectivity index (χ1v) is 10.3. The highest BCUT2D eigenvalue weighted by Gasteiger charge is 2.13. The van der Waals surface area contributed by atoms with Crippen LogP contribution in [0.2, 0.25) is 0 Å². The predicted octanol–water partition coefficient (Wildman–Crippen LogP) is 3.58. The summed E-state index contributed by atoms with van der Waals surface area (Å²) < 4.78 is 24.0. The van der Waals surface area contributed by atoms with Crippen LogP contribution in [0, 0.1) is 0 Å². The number of sulfone groups is 1. The standard InChI is InChI=1S/C17H17N3O3S2/c1-11(12-7-9-13(10-8-12)25(2,22)23)18-16(21)20-17-19-14-5-3-4-6-15(14)24-17/h3-11H,1-2H3,(H2,18,19,20,21). The number of nitrogens with one attached hydrogen (secondary N) is 2. The van der Waals surface area contributed by atoms with Crippen molar-refractivity contribution in [2.75, 3.05) is 11.6 Å². The Bertz CT molecular complexity index is 978. The number of rotatable bonds is 4. The van der Waals surface area contributed by atoms with Gasteiger partial charge in [0, 0.05) is 6.26 Å². The van der Waals surface area contributed by atoms with Gasteiger partial charge in [0.25, 0.3) is 0 Å². The molecule has 1 atom stereocenters. The third-order valence-corrected chi connectivity index (χ3v) is 5.75. The number of hydrogen-bond acceptors (Lipinski definition) is 5. The van der Waals surface area contributed by atoms with Crippen molar-refractivity contribution in [2.24, 2.45) is 0 Å². The highest BCUT2D eigenvalue weighted by molar-refractivity contribution is 7.90. The van der Waals surface area contributed by atoms with E-state index in [-0.39, 0.29) is 17.0 Å². The summed E-state index contributed by atoms with van der Waals surface area (Å²) in [6.07, 6.45) is 1.16. The van der Waals surface area contributed by atoms with Gasteiger partial charge in [-0.1, -0.05) is 35.6 Å². The summed E-state index contributed by atoms with van der Waals surface area (Å²) in [6.45, 7) is 1.83. The predicted molar refractivity (Wildman–Crippen MR) is 99.7 cm³/mol. The van der Waals surface area contributed by atoms with Crippen molar-refractivity contribution in [3.8, 4) is 0 Å². The molecule has 1 unspecified atom stereocenters. The normalized spacial score (nSPS) is 12.7. The second kappa shape index (κ2) is 6.81. The van der Waals surface area contributed by atoms with Gasteiger partial charge in [-0.15, -0.1) is 0 Å². The molecule has 25 heavy (non-hydrogen) atoms. The van der Waals surface area contributed by atoms with Gasteiger partial charge in [0.2, 0.25) is 0 Å². The molecule has 2 N–H and O–H groups in total. The number of amides is 2. The highest BCUT2D eigenvalue weighted by atomic mass is 32.2. The van der Waals surface area contributed by atoms with Gasteiger partial charge in [0.05, 0.1) is 21.2 Å². The largest absolute Gasteiger partial charge is 0.331 e. The molecule has 1 aromatic heterocycles. The smallest absolute Gasteiger partial charge is 0.321 e. The molecule has 3 rings (SSSR count). The quantitative estimate of drug-likeness (QED) is 0.729. The third kappa shape index (κ3) is 4.15.